The fourth-order valence-corrected chi connectivity index (χ4v) is 5.21. The van der Waals surface area contributed by atoms with Gasteiger partial charge >= 0.3 is 5.97 Å². The number of rotatable bonds is 5. The third kappa shape index (κ3) is 5.49. The number of carbonyl (C=O) groups is 3. The SMILES string of the molecule is CC(C)(C)C(=O)N1CCC(C(=O)OCC(=O)c2ccc3c(c2)CCCN3S(C)(=O)=O)CC1. The molecule has 1 amide bonds. The molecular formula is C23H32N2O6S. The summed E-state index contributed by atoms with van der Waals surface area (Å²) in [7, 11) is -3.37. The van der Waals surface area contributed by atoms with Crippen LogP contribution in [0.1, 0.15) is 56.0 Å². The molecule has 0 aromatic heterocycles. The predicted molar refractivity (Wildman–Crippen MR) is 121 cm³/mol. The van der Waals surface area contributed by atoms with Crippen LogP contribution < -0.4 is 4.31 Å². The average Bonchev–Trinajstić information content (AvgIpc) is 2.74. The Morgan fingerprint density at radius 1 is 1.09 bits per heavy atom. The minimum Gasteiger partial charge on any atom is -0.457 e. The number of Topliss-reactive ketones (excluding diaryl/α,β-unsaturated/α-hetero) is 1. The number of esters is 1. The van der Waals surface area contributed by atoms with Gasteiger partial charge < -0.3 is 9.64 Å². The Morgan fingerprint density at radius 2 is 1.75 bits per heavy atom. The molecule has 0 N–H and O–H groups in total. The molecule has 2 heterocycles. The maximum Gasteiger partial charge on any atom is 0.309 e. The van der Waals surface area contributed by atoms with E-state index < -0.39 is 21.4 Å². The highest BCUT2D eigenvalue weighted by atomic mass is 32.2. The third-order valence-electron chi connectivity index (χ3n) is 5.98. The molecule has 9 heteroatoms. The molecule has 176 valence electrons. The number of amides is 1. The smallest absolute Gasteiger partial charge is 0.309 e. The molecule has 0 radical (unpaired) electrons. The van der Waals surface area contributed by atoms with Gasteiger partial charge in [0.15, 0.2) is 12.4 Å². The first-order valence-electron chi connectivity index (χ1n) is 11.0. The summed E-state index contributed by atoms with van der Waals surface area (Å²) < 4.78 is 30.6. The molecule has 0 aliphatic carbocycles. The van der Waals surface area contributed by atoms with Crippen molar-refractivity contribution in [2.75, 3.05) is 36.8 Å². The summed E-state index contributed by atoms with van der Waals surface area (Å²) in [6.07, 6.45) is 3.59. The zero-order valence-corrected chi connectivity index (χ0v) is 20.0. The van der Waals surface area contributed by atoms with Gasteiger partial charge in [0.2, 0.25) is 15.9 Å². The van der Waals surface area contributed by atoms with Crippen molar-refractivity contribution in [2.24, 2.45) is 11.3 Å². The number of hydrogen-bond acceptors (Lipinski definition) is 6. The van der Waals surface area contributed by atoms with Crippen molar-refractivity contribution < 1.29 is 27.5 Å². The molecule has 0 bridgehead atoms. The summed E-state index contributed by atoms with van der Waals surface area (Å²) in [5.41, 5.74) is 1.35. The number of ketones is 1. The molecule has 0 saturated carbocycles. The highest BCUT2D eigenvalue weighted by molar-refractivity contribution is 7.92. The fourth-order valence-electron chi connectivity index (χ4n) is 4.21. The van der Waals surface area contributed by atoms with Crippen molar-refractivity contribution in [3.8, 4) is 0 Å². The van der Waals surface area contributed by atoms with Crippen molar-refractivity contribution >= 4 is 33.4 Å². The fraction of sp³-hybridized carbons (Fsp3) is 0.609. The number of aryl methyl sites for hydroxylation is 1. The Bertz CT molecular complexity index is 1000. The zero-order valence-electron chi connectivity index (χ0n) is 19.2. The van der Waals surface area contributed by atoms with E-state index in [-0.39, 0.29) is 24.2 Å². The van der Waals surface area contributed by atoms with Crippen LogP contribution in [0, 0.1) is 11.3 Å². The Kier molecular flexibility index (Phi) is 6.97. The first kappa shape index (κ1) is 24.2. The Hall–Kier alpha value is -2.42. The van der Waals surface area contributed by atoms with E-state index in [0.717, 1.165) is 5.56 Å². The Balaban J connectivity index is 1.55. The van der Waals surface area contributed by atoms with Crippen LogP contribution in [0.5, 0.6) is 0 Å². The van der Waals surface area contributed by atoms with E-state index in [1.807, 2.05) is 20.8 Å². The maximum atomic E-state index is 12.6. The number of benzene rings is 1. The summed E-state index contributed by atoms with van der Waals surface area (Å²) in [6, 6.07) is 4.92. The van der Waals surface area contributed by atoms with Gasteiger partial charge in [-0.15, -0.1) is 0 Å². The molecule has 0 spiro atoms. The van der Waals surface area contributed by atoms with Gasteiger partial charge in [-0.3, -0.25) is 18.7 Å². The van der Waals surface area contributed by atoms with E-state index in [4.69, 9.17) is 4.74 Å². The standard InChI is InChI=1S/C23H32N2O6S/c1-23(2,3)22(28)24-12-9-16(10-13-24)21(27)31-15-20(26)18-7-8-19-17(14-18)6-5-11-25(19)32(4,29)30/h7-8,14,16H,5-6,9-13,15H2,1-4H3. The Morgan fingerprint density at radius 3 is 2.34 bits per heavy atom. The molecule has 0 atom stereocenters. The van der Waals surface area contributed by atoms with Crippen molar-refractivity contribution in [1.82, 2.24) is 4.90 Å². The third-order valence-corrected chi connectivity index (χ3v) is 7.16. The molecule has 3 rings (SSSR count). The summed E-state index contributed by atoms with van der Waals surface area (Å²) in [5, 5.41) is 0. The summed E-state index contributed by atoms with van der Waals surface area (Å²) in [5.74, 6) is -0.986. The van der Waals surface area contributed by atoms with Crippen molar-refractivity contribution in [3.05, 3.63) is 29.3 Å². The van der Waals surface area contributed by atoms with E-state index in [1.54, 1.807) is 23.1 Å². The lowest BCUT2D eigenvalue weighted by atomic mass is 9.91. The largest absolute Gasteiger partial charge is 0.457 e. The van der Waals surface area contributed by atoms with Crippen LogP contribution in [0.2, 0.25) is 0 Å². The Labute approximate surface area is 190 Å². The van der Waals surface area contributed by atoms with Crippen LogP contribution in [0.25, 0.3) is 0 Å². The van der Waals surface area contributed by atoms with Gasteiger partial charge in [0.25, 0.3) is 0 Å². The molecule has 8 nitrogen and oxygen atoms in total. The highest BCUT2D eigenvalue weighted by Crippen LogP contribution is 2.30. The number of anilines is 1. The van der Waals surface area contributed by atoms with E-state index >= 15 is 0 Å². The monoisotopic (exact) mass is 464 g/mol. The summed E-state index contributed by atoms with van der Waals surface area (Å²) in [6.45, 7) is 6.71. The quantitative estimate of drug-likeness (QED) is 0.490. The lowest BCUT2D eigenvalue weighted by Gasteiger charge is -2.34. The van der Waals surface area contributed by atoms with Gasteiger partial charge in [-0.05, 0) is 49.4 Å². The molecule has 1 aromatic rings. The van der Waals surface area contributed by atoms with Gasteiger partial charge in [0, 0.05) is 30.6 Å². The molecule has 2 aliphatic rings. The number of carbonyl (C=O) groups excluding carboxylic acids is 3. The molecule has 0 unspecified atom stereocenters. The minimum absolute atomic E-state index is 0.0707. The summed E-state index contributed by atoms with van der Waals surface area (Å²) in [4.78, 5) is 39.2. The topological polar surface area (TPSA) is 101 Å². The number of hydrogen-bond donors (Lipinski definition) is 0. The van der Waals surface area contributed by atoms with Crippen LogP contribution in [0.4, 0.5) is 5.69 Å². The van der Waals surface area contributed by atoms with Gasteiger partial charge in [-0.2, -0.15) is 0 Å². The van der Waals surface area contributed by atoms with Crippen LogP contribution in [0.3, 0.4) is 0 Å². The van der Waals surface area contributed by atoms with Crippen LogP contribution in [0.15, 0.2) is 18.2 Å². The first-order valence-corrected chi connectivity index (χ1v) is 12.8. The number of nitrogens with zero attached hydrogens (tertiary/aromatic N) is 2. The molecule has 2 aliphatic heterocycles. The molecule has 1 fully saturated rings. The van der Waals surface area contributed by atoms with E-state index in [1.165, 1.54) is 10.6 Å². The van der Waals surface area contributed by atoms with Crippen molar-refractivity contribution in [2.45, 2.75) is 46.5 Å². The lowest BCUT2D eigenvalue weighted by Crippen LogP contribution is -2.45. The van der Waals surface area contributed by atoms with Crippen molar-refractivity contribution in [1.29, 1.82) is 0 Å². The number of fused-ring (bicyclic) bond motifs is 1. The number of piperidine rings is 1. The number of ether oxygens (including phenoxy) is 1. The number of likely N-dealkylation sites (tertiary alicyclic amines) is 1. The van der Waals surface area contributed by atoms with Crippen molar-refractivity contribution in [3.63, 3.8) is 0 Å². The average molecular weight is 465 g/mol. The number of sulfonamides is 1. The second kappa shape index (κ2) is 9.21. The second-order valence-electron chi connectivity index (χ2n) is 9.63. The van der Waals surface area contributed by atoms with Gasteiger partial charge in [0.1, 0.15) is 0 Å². The second-order valence-corrected chi connectivity index (χ2v) is 11.5. The molecular weight excluding hydrogens is 432 g/mol. The van der Waals surface area contributed by atoms with E-state index in [2.05, 4.69) is 0 Å². The van der Waals surface area contributed by atoms with E-state index in [0.29, 0.717) is 56.6 Å². The first-order chi connectivity index (χ1) is 14.9. The molecule has 1 saturated heterocycles. The van der Waals surface area contributed by atoms with Crippen LogP contribution in [-0.4, -0.2) is 63.5 Å². The maximum absolute atomic E-state index is 12.6. The van der Waals surface area contributed by atoms with Crippen LogP contribution in [-0.2, 0) is 30.8 Å². The minimum atomic E-state index is -3.37. The van der Waals surface area contributed by atoms with Gasteiger partial charge in [-0.25, -0.2) is 8.42 Å². The van der Waals surface area contributed by atoms with Gasteiger partial charge in [0.05, 0.1) is 17.9 Å². The molecule has 32 heavy (non-hydrogen) atoms. The predicted octanol–water partition coefficient (Wildman–Crippen LogP) is 2.41. The van der Waals surface area contributed by atoms with Crippen LogP contribution >= 0.6 is 0 Å². The molecule has 1 aromatic carbocycles. The normalized spacial score (nSPS) is 17.6. The highest BCUT2D eigenvalue weighted by Gasteiger charge is 2.33. The zero-order chi connectivity index (χ0) is 23.7. The lowest BCUT2D eigenvalue weighted by molar-refractivity contribution is -0.152. The summed E-state index contributed by atoms with van der Waals surface area (Å²) >= 11 is 0. The van der Waals surface area contributed by atoms with E-state index in [9.17, 15) is 22.8 Å². The van der Waals surface area contributed by atoms with Gasteiger partial charge in [-0.1, -0.05) is 20.8 Å².